The van der Waals surface area contributed by atoms with E-state index in [9.17, 15) is 0 Å². The average Bonchev–Trinajstić information content (AvgIpc) is 2.53. The maximum atomic E-state index is 5.83. The first-order chi connectivity index (χ1) is 10.3. The fourth-order valence-electron chi connectivity index (χ4n) is 1.96. The Kier molecular flexibility index (Phi) is 4.63. The van der Waals surface area contributed by atoms with E-state index in [-0.39, 0.29) is 0 Å². The van der Waals surface area contributed by atoms with Crippen molar-refractivity contribution in [2.75, 3.05) is 12.4 Å². The van der Waals surface area contributed by atoms with Gasteiger partial charge in [0.05, 0.1) is 17.1 Å². The molecule has 0 N–H and O–H groups in total. The normalized spacial score (nSPS) is 10.7. The minimum atomic E-state index is 0.640. The van der Waals surface area contributed by atoms with Gasteiger partial charge in [0.15, 0.2) is 0 Å². The second kappa shape index (κ2) is 6.83. The largest absolute Gasteiger partial charge is 0.493 e. The molecule has 2 nitrogen and oxygen atoms in total. The molecule has 21 heavy (non-hydrogen) atoms. The summed E-state index contributed by atoms with van der Waals surface area (Å²) in [6.45, 7) is 0.640. The smallest absolute Gasteiger partial charge is 0.119 e. The highest BCUT2D eigenvalue weighted by atomic mass is 35.5. The van der Waals surface area contributed by atoms with Crippen LogP contribution in [0.1, 0.15) is 0 Å². The van der Waals surface area contributed by atoms with Crippen LogP contribution in [0.5, 0.6) is 5.75 Å². The molecule has 0 bridgehead atoms. The van der Waals surface area contributed by atoms with Crippen molar-refractivity contribution in [1.82, 2.24) is 4.98 Å². The van der Waals surface area contributed by atoms with Gasteiger partial charge in [-0.25, -0.2) is 4.98 Å². The lowest BCUT2D eigenvalue weighted by molar-refractivity contribution is 0.344. The molecule has 3 aromatic rings. The molecule has 0 aliphatic rings. The van der Waals surface area contributed by atoms with Crippen LogP contribution in [0.15, 0.2) is 65.7 Å². The number of fused-ring (bicyclic) bond motifs is 1. The van der Waals surface area contributed by atoms with Crippen LogP contribution in [0.2, 0.25) is 5.02 Å². The molecule has 0 aliphatic heterocycles. The highest BCUT2D eigenvalue weighted by Gasteiger charge is 1.99. The molecule has 0 saturated carbocycles. The Morgan fingerprint density at radius 1 is 0.952 bits per heavy atom. The summed E-state index contributed by atoms with van der Waals surface area (Å²) in [6.07, 6.45) is 0. The monoisotopic (exact) mass is 315 g/mol. The Hall–Kier alpha value is -1.71. The number of pyridine rings is 1. The van der Waals surface area contributed by atoms with Gasteiger partial charge in [0.25, 0.3) is 0 Å². The zero-order valence-electron chi connectivity index (χ0n) is 11.3. The van der Waals surface area contributed by atoms with Crippen LogP contribution in [-0.4, -0.2) is 17.3 Å². The molecule has 0 saturated heterocycles. The SMILES string of the molecule is Clc1ccc(OCCSc2ccc3ccccc3n2)cc1. The van der Waals surface area contributed by atoms with Crippen molar-refractivity contribution in [3.05, 3.63) is 65.7 Å². The Bertz CT molecular complexity index is 730. The topological polar surface area (TPSA) is 22.1 Å². The summed E-state index contributed by atoms with van der Waals surface area (Å²) in [5.74, 6) is 1.69. The second-order valence-corrected chi connectivity index (χ2v) is 6.04. The van der Waals surface area contributed by atoms with E-state index in [1.54, 1.807) is 11.8 Å². The molecule has 0 spiro atoms. The predicted molar refractivity (Wildman–Crippen MR) is 89.4 cm³/mol. The number of ether oxygens (including phenoxy) is 1. The van der Waals surface area contributed by atoms with Crippen LogP contribution in [-0.2, 0) is 0 Å². The van der Waals surface area contributed by atoms with Crippen LogP contribution < -0.4 is 4.74 Å². The first-order valence-corrected chi connectivity index (χ1v) is 8.04. The van der Waals surface area contributed by atoms with Crippen LogP contribution in [0.4, 0.5) is 0 Å². The number of benzene rings is 2. The van der Waals surface area contributed by atoms with Gasteiger partial charge in [-0.05, 0) is 36.4 Å². The van der Waals surface area contributed by atoms with Gasteiger partial charge >= 0.3 is 0 Å². The average molecular weight is 316 g/mol. The van der Waals surface area contributed by atoms with E-state index in [0.29, 0.717) is 6.61 Å². The molecule has 2 aromatic carbocycles. The maximum absolute atomic E-state index is 5.83. The molecule has 3 rings (SSSR count). The number of halogens is 1. The van der Waals surface area contributed by atoms with Crippen molar-refractivity contribution in [1.29, 1.82) is 0 Å². The van der Waals surface area contributed by atoms with Crippen molar-refractivity contribution < 1.29 is 4.74 Å². The summed E-state index contributed by atoms with van der Waals surface area (Å²) in [4.78, 5) is 4.62. The van der Waals surface area contributed by atoms with E-state index in [4.69, 9.17) is 16.3 Å². The first kappa shape index (κ1) is 14.2. The summed E-state index contributed by atoms with van der Waals surface area (Å²) in [6, 6.07) is 19.7. The molecule has 0 aliphatic carbocycles. The first-order valence-electron chi connectivity index (χ1n) is 6.68. The van der Waals surface area contributed by atoms with E-state index in [0.717, 1.165) is 27.1 Å². The number of thioether (sulfide) groups is 1. The second-order valence-electron chi connectivity index (χ2n) is 4.49. The van der Waals surface area contributed by atoms with Crippen LogP contribution in [0.3, 0.4) is 0 Å². The van der Waals surface area contributed by atoms with Crippen LogP contribution in [0, 0.1) is 0 Å². The third-order valence-electron chi connectivity index (χ3n) is 2.99. The summed E-state index contributed by atoms with van der Waals surface area (Å²) in [5, 5.41) is 2.91. The van der Waals surface area contributed by atoms with E-state index >= 15 is 0 Å². The maximum Gasteiger partial charge on any atom is 0.119 e. The molecule has 1 aromatic heterocycles. The minimum Gasteiger partial charge on any atom is -0.493 e. The summed E-state index contributed by atoms with van der Waals surface area (Å²) in [7, 11) is 0. The molecular formula is C17H14ClNOS. The van der Waals surface area contributed by atoms with Gasteiger partial charge in [-0.1, -0.05) is 35.9 Å². The molecule has 0 atom stereocenters. The molecule has 0 unspecified atom stereocenters. The lowest BCUT2D eigenvalue weighted by Gasteiger charge is -2.06. The number of hydrogen-bond acceptors (Lipinski definition) is 3. The lowest BCUT2D eigenvalue weighted by Crippen LogP contribution is -2.00. The van der Waals surface area contributed by atoms with Gasteiger partial charge in [-0.15, -0.1) is 11.8 Å². The predicted octanol–water partition coefficient (Wildman–Crippen LogP) is 5.06. The van der Waals surface area contributed by atoms with Crippen molar-refractivity contribution in [3.63, 3.8) is 0 Å². The van der Waals surface area contributed by atoms with E-state index in [1.165, 1.54) is 5.39 Å². The van der Waals surface area contributed by atoms with Gasteiger partial charge in [-0.3, -0.25) is 0 Å². The highest BCUT2D eigenvalue weighted by Crippen LogP contribution is 2.20. The van der Waals surface area contributed by atoms with Crippen molar-refractivity contribution >= 4 is 34.3 Å². The van der Waals surface area contributed by atoms with Crippen LogP contribution in [0.25, 0.3) is 10.9 Å². The Morgan fingerprint density at radius 3 is 2.62 bits per heavy atom. The van der Waals surface area contributed by atoms with Gasteiger partial charge < -0.3 is 4.74 Å². The number of hydrogen-bond donors (Lipinski definition) is 0. The number of rotatable bonds is 5. The number of nitrogens with zero attached hydrogens (tertiary/aromatic N) is 1. The van der Waals surface area contributed by atoms with Gasteiger partial charge in [0, 0.05) is 16.2 Å². The van der Waals surface area contributed by atoms with Crippen LogP contribution >= 0.6 is 23.4 Å². The number of para-hydroxylation sites is 1. The zero-order chi connectivity index (χ0) is 14.5. The summed E-state index contributed by atoms with van der Waals surface area (Å²) in [5.41, 5.74) is 1.03. The Labute approximate surface area is 133 Å². The third-order valence-corrected chi connectivity index (χ3v) is 4.13. The molecule has 106 valence electrons. The Balaban J connectivity index is 1.53. The fourth-order valence-corrected chi connectivity index (χ4v) is 2.79. The zero-order valence-corrected chi connectivity index (χ0v) is 12.9. The van der Waals surface area contributed by atoms with Gasteiger partial charge in [0.2, 0.25) is 0 Å². The van der Waals surface area contributed by atoms with E-state index in [2.05, 4.69) is 23.2 Å². The molecule has 0 fully saturated rings. The van der Waals surface area contributed by atoms with Crippen molar-refractivity contribution in [3.8, 4) is 5.75 Å². The summed E-state index contributed by atoms with van der Waals surface area (Å²) >= 11 is 7.53. The lowest BCUT2D eigenvalue weighted by atomic mass is 10.2. The molecule has 0 radical (unpaired) electrons. The summed E-state index contributed by atoms with van der Waals surface area (Å²) < 4.78 is 5.66. The molecule has 1 heterocycles. The Morgan fingerprint density at radius 2 is 1.76 bits per heavy atom. The third kappa shape index (κ3) is 3.90. The van der Waals surface area contributed by atoms with Crippen molar-refractivity contribution in [2.45, 2.75) is 5.03 Å². The van der Waals surface area contributed by atoms with E-state index < -0.39 is 0 Å². The van der Waals surface area contributed by atoms with E-state index in [1.807, 2.05) is 42.5 Å². The standard InChI is InChI=1S/C17H14ClNOS/c18-14-6-8-15(9-7-14)20-11-12-21-17-10-5-13-3-1-2-4-16(13)19-17/h1-10H,11-12H2. The van der Waals surface area contributed by atoms with Crippen molar-refractivity contribution in [2.24, 2.45) is 0 Å². The minimum absolute atomic E-state index is 0.640. The van der Waals surface area contributed by atoms with Gasteiger partial charge in [-0.2, -0.15) is 0 Å². The van der Waals surface area contributed by atoms with Gasteiger partial charge in [0.1, 0.15) is 5.75 Å². The highest BCUT2D eigenvalue weighted by molar-refractivity contribution is 7.99. The molecular weight excluding hydrogens is 302 g/mol. The fraction of sp³-hybridized carbons (Fsp3) is 0.118. The molecule has 0 amide bonds. The molecule has 4 heteroatoms. The number of aromatic nitrogens is 1. The quantitative estimate of drug-likeness (QED) is 0.485.